The van der Waals surface area contributed by atoms with Gasteiger partial charge in [-0.25, -0.2) is 4.79 Å². The molecule has 4 atom stereocenters. The molecule has 0 fully saturated rings. The van der Waals surface area contributed by atoms with Gasteiger partial charge in [-0.1, -0.05) is 0 Å². The van der Waals surface area contributed by atoms with Crippen molar-refractivity contribution in [3.63, 3.8) is 0 Å². The van der Waals surface area contributed by atoms with Gasteiger partial charge in [0.1, 0.15) is 18.3 Å². The molecule has 0 aliphatic rings. The van der Waals surface area contributed by atoms with Gasteiger partial charge in [0.2, 0.25) is 0 Å². The SMILES string of the molecule is O=C(O)[C@H](O)[C@@H](O)[C@H](O)[C@H](O)CO.[NaH].[SbH3]. The Labute approximate surface area is 125 Å². The molecular formula is C6H16NaO7Sb. The molecule has 0 heterocycles. The van der Waals surface area contributed by atoms with E-state index in [9.17, 15) is 4.79 Å². The molecule has 0 saturated heterocycles. The summed E-state index contributed by atoms with van der Waals surface area (Å²) < 4.78 is 0. The van der Waals surface area contributed by atoms with Gasteiger partial charge in [-0.3, -0.25) is 0 Å². The molecule has 0 unspecified atom stereocenters. The molecule has 9 heteroatoms. The second-order valence-corrected chi connectivity index (χ2v) is 2.51. The zero-order valence-corrected chi connectivity index (χ0v) is 11.4. The topological polar surface area (TPSA) is 138 Å². The molecule has 0 bridgehead atoms. The van der Waals surface area contributed by atoms with Crippen LogP contribution in [0.5, 0.6) is 0 Å². The van der Waals surface area contributed by atoms with E-state index < -0.39 is 37.0 Å². The third-order valence-electron chi connectivity index (χ3n) is 1.51. The van der Waals surface area contributed by atoms with Crippen LogP contribution in [0, 0.1) is 0 Å². The number of aliphatic carboxylic acids is 1. The molecule has 0 aromatic carbocycles. The molecule has 15 heavy (non-hydrogen) atoms. The van der Waals surface area contributed by atoms with Crippen molar-refractivity contribution >= 4 is 60.0 Å². The zero-order valence-electron chi connectivity index (χ0n) is 7.32. The Morgan fingerprint density at radius 2 is 1.47 bits per heavy atom. The molecular weight excluding hydrogens is 329 g/mol. The van der Waals surface area contributed by atoms with Crippen molar-refractivity contribution < 1.29 is 35.4 Å². The van der Waals surface area contributed by atoms with Crippen LogP contribution in [0.2, 0.25) is 0 Å². The van der Waals surface area contributed by atoms with Crippen LogP contribution in [0.15, 0.2) is 0 Å². The maximum atomic E-state index is 10.1. The molecule has 0 aliphatic carbocycles. The number of rotatable bonds is 5. The van der Waals surface area contributed by atoms with Crippen LogP contribution in [-0.2, 0) is 4.79 Å². The number of aliphatic hydroxyl groups excluding tert-OH is 5. The Balaban J connectivity index is -0.000000720. The van der Waals surface area contributed by atoms with Crippen molar-refractivity contribution in [2.24, 2.45) is 0 Å². The van der Waals surface area contributed by atoms with E-state index in [-0.39, 0.29) is 54.0 Å². The van der Waals surface area contributed by atoms with E-state index in [2.05, 4.69) is 0 Å². The van der Waals surface area contributed by atoms with Gasteiger partial charge in [0.05, 0.1) is 6.61 Å². The second-order valence-electron chi connectivity index (χ2n) is 2.51. The Morgan fingerprint density at radius 3 is 1.73 bits per heavy atom. The standard InChI is InChI=1S/C6H12O7.Na.Sb.4H/c7-1-2(8)3(9)4(10)5(11)6(12)13;;;;;;/h2-5,7-11H,1H2,(H,12,13);;;;;;/t2-,3-,4+,5-;;;;;;/m1....../s1. The van der Waals surface area contributed by atoms with Crippen molar-refractivity contribution in [1.29, 1.82) is 0 Å². The van der Waals surface area contributed by atoms with Gasteiger partial charge in [0, 0.05) is 0 Å². The monoisotopic (exact) mass is 344 g/mol. The van der Waals surface area contributed by atoms with Crippen molar-refractivity contribution in [2.45, 2.75) is 24.4 Å². The molecule has 7 nitrogen and oxygen atoms in total. The van der Waals surface area contributed by atoms with Crippen LogP contribution in [0.25, 0.3) is 0 Å². The van der Waals surface area contributed by atoms with Gasteiger partial charge in [-0.05, 0) is 0 Å². The number of hydrogen-bond acceptors (Lipinski definition) is 6. The molecule has 0 saturated carbocycles. The van der Waals surface area contributed by atoms with Crippen LogP contribution in [0.1, 0.15) is 0 Å². The van der Waals surface area contributed by atoms with E-state index in [1.165, 1.54) is 0 Å². The summed E-state index contributed by atoms with van der Waals surface area (Å²) >= 11 is 0. The molecule has 0 amide bonds. The number of carboxylic acids is 1. The first-order chi connectivity index (χ1) is 5.91. The minimum absolute atomic E-state index is 0. The Morgan fingerprint density at radius 1 is 1.07 bits per heavy atom. The fraction of sp³-hybridized carbons (Fsp3) is 0.833. The first-order valence-electron chi connectivity index (χ1n) is 3.47. The van der Waals surface area contributed by atoms with Crippen molar-refractivity contribution in [3.05, 3.63) is 0 Å². The summed E-state index contributed by atoms with van der Waals surface area (Å²) in [6.07, 6.45) is -7.84. The normalized spacial score (nSPS) is 17.7. The quantitative estimate of drug-likeness (QED) is 0.274. The predicted octanol–water partition coefficient (Wildman–Crippen LogP) is -5.33. The summed E-state index contributed by atoms with van der Waals surface area (Å²) in [5.41, 5.74) is 0. The molecule has 0 spiro atoms. The molecule has 88 valence electrons. The number of hydrogen-bond donors (Lipinski definition) is 6. The van der Waals surface area contributed by atoms with Gasteiger partial charge in [0.15, 0.2) is 6.10 Å². The average Bonchev–Trinajstić information content (AvgIpc) is 2.12. The van der Waals surface area contributed by atoms with Gasteiger partial charge in [-0.15, -0.1) is 0 Å². The second kappa shape index (κ2) is 10.3. The van der Waals surface area contributed by atoms with Crippen molar-refractivity contribution in [3.8, 4) is 0 Å². The summed E-state index contributed by atoms with van der Waals surface area (Å²) in [6.45, 7) is -0.843. The molecule has 0 aromatic heterocycles. The van der Waals surface area contributed by atoms with Crippen LogP contribution < -0.4 is 0 Å². The Kier molecular flexibility index (Phi) is 14.6. The van der Waals surface area contributed by atoms with E-state index in [4.69, 9.17) is 30.6 Å². The fourth-order valence-corrected chi connectivity index (χ4v) is 0.668. The van der Waals surface area contributed by atoms with Crippen LogP contribution in [0.3, 0.4) is 0 Å². The maximum absolute atomic E-state index is 10.1. The summed E-state index contributed by atoms with van der Waals surface area (Å²) in [5, 5.41) is 51.8. The average molecular weight is 345 g/mol. The summed E-state index contributed by atoms with van der Waals surface area (Å²) in [7, 11) is 0. The number of aliphatic hydroxyl groups is 5. The van der Waals surface area contributed by atoms with Crippen LogP contribution in [0.4, 0.5) is 0 Å². The first kappa shape index (κ1) is 21.4. The minimum atomic E-state index is -2.20. The molecule has 0 rings (SSSR count). The van der Waals surface area contributed by atoms with Crippen molar-refractivity contribution in [2.75, 3.05) is 6.61 Å². The van der Waals surface area contributed by atoms with Crippen LogP contribution in [-0.4, -0.2) is 122 Å². The van der Waals surface area contributed by atoms with E-state index in [0.29, 0.717) is 0 Å². The molecule has 0 aliphatic heterocycles. The number of carbonyl (C=O) groups is 1. The van der Waals surface area contributed by atoms with Gasteiger partial charge < -0.3 is 30.6 Å². The van der Waals surface area contributed by atoms with Gasteiger partial charge >= 0.3 is 60.0 Å². The molecule has 6 N–H and O–H groups in total. The van der Waals surface area contributed by atoms with E-state index in [0.717, 1.165) is 0 Å². The summed E-state index contributed by atoms with van der Waals surface area (Å²) in [5.74, 6) is -1.73. The van der Waals surface area contributed by atoms with Crippen molar-refractivity contribution in [1.82, 2.24) is 0 Å². The third kappa shape index (κ3) is 7.09. The predicted molar refractivity (Wildman–Crippen MR) is 55.8 cm³/mol. The third-order valence-corrected chi connectivity index (χ3v) is 1.51. The van der Waals surface area contributed by atoms with Crippen LogP contribution >= 0.6 is 0 Å². The molecule has 0 aromatic rings. The first-order valence-corrected chi connectivity index (χ1v) is 3.47. The number of carboxylic acid groups (broad SMARTS) is 1. The summed E-state index contributed by atoms with van der Waals surface area (Å²) in [4.78, 5) is 10.1. The van der Waals surface area contributed by atoms with Gasteiger partial charge in [-0.2, -0.15) is 0 Å². The molecule has 0 radical (unpaired) electrons. The van der Waals surface area contributed by atoms with Gasteiger partial charge in [0.25, 0.3) is 0 Å². The fourth-order valence-electron chi connectivity index (χ4n) is 0.668. The Hall–Kier alpha value is 1.09. The van der Waals surface area contributed by atoms with E-state index in [1.807, 2.05) is 0 Å². The van der Waals surface area contributed by atoms with E-state index >= 15 is 0 Å². The zero-order chi connectivity index (χ0) is 10.6. The summed E-state index contributed by atoms with van der Waals surface area (Å²) in [6, 6.07) is 0. The van der Waals surface area contributed by atoms with E-state index in [1.54, 1.807) is 0 Å². The Bertz CT molecular complexity index is 181.